The Kier molecular flexibility index (Phi) is 7.66. The van der Waals surface area contributed by atoms with Gasteiger partial charge in [-0.25, -0.2) is 0 Å². The van der Waals surface area contributed by atoms with Gasteiger partial charge in [0.25, 0.3) is 5.91 Å². The van der Waals surface area contributed by atoms with Crippen LogP contribution in [0.3, 0.4) is 0 Å². The van der Waals surface area contributed by atoms with Crippen molar-refractivity contribution in [3.05, 3.63) is 57.0 Å². The predicted molar refractivity (Wildman–Crippen MR) is 113 cm³/mol. The number of carbonyl (C=O) groups is 2. The van der Waals surface area contributed by atoms with E-state index in [0.29, 0.717) is 24.3 Å². The monoisotopic (exact) mass is 481 g/mol. The first-order valence-corrected chi connectivity index (χ1v) is 9.91. The van der Waals surface area contributed by atoms with Crippen LogP contribution in [-0.2, 0) is 4.79 Å². The van der Waals surface area contributed by atoms with Gasteiger partial charge >= 0.3 is 0 Å². The number of amides is 2. The van der Waals surface area contributed by atoms with Crippen molar-refractivity contribution in [1.29, 1.82) is 0 Å². The summed E-state index contributed by atoms with van der Waals surface area (Å²) in [6, 6.07) is 12.6. The number of halogens is 2. The van der Waals surface area contributed by atoms with E-state index >= 15 is 0 Å². The van der Waals surface area contributed by atoms with Crippen molar-refractivity contribution in [2.75, 3.05) is 30.3 Å². The van der Waals surface area contributed by atoms with Gasteiger partial charge in [0.1, 0.15) is 0 Å². The Morgan fingerprint density at radius 2 is 1.65 bits per heavy atom. The van der Waals surface area contributed by atoms with Crippen molar-refractivity contribution in [1.82, 2.24) is 4.90 Å². The molecule has 138 valence electrons. The molecular formula is C19H21Br2N3O2. The van der Waals surface area contributed by atoms with E-state index in [4.69, 9.17) is 0 Å². The highest BCUT2D eigenvalue weighted by atomic mass is 79.9. The second kappa shape index (κ2) is 9.73. The number of rotatable bonds is 7. The summed E-state index contributed by atoms with van der Waals surface area (Å²) in [6.45, 7) is 5.39. The molecule has 0 unspecified atom stereocenters. The van der Waals surface area contributed by atoms with Gasteiger partial charge in [0.15, 0.2) is 0 Å². The molecule has 2 amide bonds. The second-order valence-electron chi connectivity index (χ2n) is 5.58. The van der Waals surface area contributed by atoms with Crippen LogP contribution in [0.15, 0.2) is 51.4 Å². The molecule has 0 saturated heterocycles. The number of hydrogen-bond acceptors (Lipinski definition) is 3. The summed E-state index contributed by atoms with van der Waals surface area (Å²) in [5.41, 5.74) is 2.11. The van der Waals surface area contributed by atoms with Crippen LogP contribution in [0.1, 0.15) is 24.2 Å². The topological polar surface area (TPSA) is 61.4 Å². The average molecular weight is 483 g/mol. The molecule has 26 heavy (non-hydrogen) atoms. The zero-order valence-electron chi connectivity index (χ0n) is 14.7. The molecule has 0 heterocycles. The molecule has 0 aliphatic heterocycles. The van der Waals surface area contributed by atoms with E-state index < -0.39 is 0 Å². The molecule has 0 atom stereocenters. The summed E-state index contributed by atoms with van der Waals surface area (Å²) >= 11 is 6.84. The van der Waals surface area contributed by atoms with Crippen LogP contribution in [0.25, 0.3) is 0 Å². The lowest BCUT2D eigenvalue weighted by molar-refractivity contribution is -0.114. The Balaban J connectivity index is 1.92. The first-order valence-electron chi connectivity index (χ1n) is 8.32. The van der Waals surface area contributed by atoms with E-state index in [1.165, 1.54) is 0 Å². The number of carbonyl (C=O) groups excluding carboxylic acids is 2. The van der Waals surface area contributed by atoms with E-state index in [9.17, 15) is 9.59 Å². The van der Waals surface area contributed by atoms with E-state index in [1.54, 1.807) is 29.2 Å². The van der Waals surface area contributed by atoms with Crippen molar-refractivity contribution in [2.24, 2.45) is 0 Å². The van der Waals surface area contributed by atoms with Crippen LogP contribution in [0.2, 0.25) is 0 Å². The molecule has 0 aliphatic carbocycles. The van der Waals surface area contributed by atoms with Gasteiger partial charge in [0.2, 0.25) is 5.91 Å². The Labute approximate surface area is 170 Å². The summed E-state index contributed by atoms with van der Waals surface area (Å²) in [5, 5.41) is 5.89. The number of hydrogen-bond donors (Lipinski definition) is 2. The van der Waals surface area contributed by atoms with Crippen LogP contribution in [0.5, 0.6) is 0 Å². The highest BCUT2D eigenvalue weighted by Crippen LogP contribution is 2.25. The maximum absolute atomic E-state index is 12.3. The summed E-state index contributed by atoms with van der Waals surface area (Å²) in [7, 11) is 0. The molecule has 2 rings (SSSR count). The van der Waals surface area contributed by atoms with Gasteiger partial charge in [-0.1, -0.05) is 15.9 Å². The van der Waals surface area contributed by atoms with Gasteiger partial charge in [-0.2, -0.15) is 0 Å². The van der Waals surface area contributed by atoms with Gasteiger partial charge in [-0.15, -0.1) is 0 Å². The molecule has 0 saturated carbocycles. The lowest BCUT2D eigenvalue weighted by Gasteiger charge is -2.18. The molecule has 0 aromatic heterocycles. The van der Waals surface area contributed by atoms with Crippen LogP contribution in [-0.4, -0.2) is 36.3 Å². The summed E-state index contributed by atoms with van der Waals surface area (Å²) in [6.07, 6.45) is 0. The van der Waals surface area contributed by atoms with E-state index in [-0.39, 0.29) is 18.4 Å². The summed E-state index contributed by atoms with van der Waals surface area (Å²) in [5.74, 6) is -0.169. The second-order valence-corrected chi connectivity index (χ2v) is 7.35. The van der Waals surface area contributed by atoms with Crippen molar-refractivity contribution < 1.29 is 9.59 Å². The predicted octanol–water partition coefficient (Wildman–Crippen LogP) is 4.74. The quantitative estimate of drug-likeness (QED) is 0.598. The molecule has 5 nitrogen and oxygen atoms in total. The fourth-order valence-corrected chi connectivity index (χ4v) is 3.59. The molecule has 0 aliphatic rings. The Bertz CT molecular complexity index is 775. The smallest absolute Gasteiger partial charge is 0.253 e. The van der Waals surface area contributed by atoms with Gasteiger partial charge in [-0.3, -0.25) is 9.59 Å². The van der Waals surface area contributed by atoms with E-state index in [1.807, 2.05) is 32.0 Å². The number of nitrogens with zero attached hydrogens (tertiary/aromatic N) is 1. The van der Waals surface area contributed by atoms with Crippen molar-refractivity contribution in [3.63, 3.8) is 0 Å². The van der Waals surface area contributed by atoms with Crippen LogP contribution in [0.4, 0.5) is 11.4 Å². The highest BCUT2D eigenvalue weighted by molar-refractivity contribution is 9.11. The SMILES string of the molecule is CCN(CC)C(=O)c1ccc(NC(=O)CNc2ccc(Br)cc2Br)cc1. The fourth-order valence-electron chi connectivity index (χ4n) is 2.40. The van der Waals surface area contributed by atoms with Crippen molar-refractivity contribution in [3.8, 4) is 0 Å². The van der Waals surface area contributed by atoms with Gasteiger partial charge < -0.3 is 15.5 Å². The molecular weight excluding hydrogens is 462 g/mol. The normalized spacial score (nSPS) is 10.3. The third-order valence-corrected chi connectivity index (χ3v) is 4.99. The number of anilines is 2. The standard InChI is InChI=1S/C19H21Br2N3O2/c1-3-24(4-2)19(26)13-5-8-15(9-6-13)23-18(25)12-22-17-10-7-14(20)11-16(17)21/h5-11,22H,3-4,12H2,1-2H3,(H,23,25). The Hall–Kier alpha value is -1.86. The minimum Gasteiger partial charge on any atom is -0.375 e. The molecule has 2 N–H and O–H groups in total. The fraction of sp³-hybridized carbons (Fsp3) is 0.263. The first-order chi connectivity index (χ1) is 12.4. The third-order valence-electron chi connectivity index (χ3n) is 3.84. The summed E-state index contributed by atoms with van der Waals surface area (Å²) < 4.78 is 1.83. The number of benzene rings is 2. The highest BCUT2D eigenvalue weighted by Gasteiger charge is 2.12. The average Bonchev–Trinajstić information content (AvgIpc) is 2.62. The zero-order chi connectivity index (χ0) is 19.1. The van der Waals surface area contributed by atoms with Crippen LogP contribution < -0.4 is 10.6 Å². The summed E-state index contributed by atoms with van der Waals surface area (Å²) in [4.78, 5) is 26.1. The van der Waals surface area contributed by atoms with Gasteiger partial charge in [-0.05, 0) is 72.2 Å². The molecule has 2 aromatic carbocycles. The van der Waals surface area contributed by atoms with Crippen molar-refractivity contribution >= 4 is 55.0 Å². The molecule has 0 spiro atoms. The molecule has 0 radical (unpaired) electrons. The van der Waals surface area contributed by atoms with Crippen molar-refractivity contribution in [2.45, 2.75) is 13.8 Å². The molecule has 2 aromatic rings. The maximum atomic E-state index is 12.3. The van der Waals surface area contributed by atoms with Crippen LogP contribution >= 0.6 is 31.9 Å². The lowest BCUT2D eigenvalue weighted by Crippen LogP contribution is -2.30. The third kappa shape index (κ3) is 5.57. The Morgan fingerprint density at radius 1 is 1.00 bits per heavy atom. The zero-order valence-corrected chi connectivity index (χ0v) is 17.9. The lowest BCUT2D eigenvalue weighted by atomic mass is 10.1. The minimum absolute atomic E-state index is 0.00497. The maximum Gasteiger partial charge on any atom is 0.253 e. The molecule has 7 heteroatoms. The van der Waals surface area contributed by atoms with E-state index in [2.05, 4.69) is 42.5 Å². The van der Waals surface area contributed by atoms with Crippen LogP contribution in [0, 0.1) is 0 Å². The minimum atomic E-state index is -0.164. The largest absolute Gasteiger partial charge is 0.375 e. The Morgan fingerprint density at radius 3 is 2.23 bits per heavy atom. The first kappa shape index (κ1) is 20.5. The molecule has 0 fully saturated rings. The van der Waals surface area contributed by atoms with Gasteiger partial charge in [0.05, 0.1) is 6.54 Å². The van der Waals surface area contributed by atoms with E-state index in [0.717, 1.165) is 14.6 Å². The number of nitrogens with one attached hydrogen (secondary N) is 2. The molecule has 0 bridgehead atoms. The van der Waals surface area contributed by atoms with Gasteiger partial charge in [0, 0.05) is 39.0 Å².